The van der Waals surface area contributed by atoms with Gasteiger partial charge >= 0.3 is 0 Å². The number of anilines is 1. The Bertz CT molecular complexity index is 693. The van der Waals surface area contributed by atoms with Crippen LogP contribution in [-0.4, -0.2) is 27.3 Å². The fraction of sp³-hybridized carbons (Fsp3) is 0.278. The molecule has 0 atom stereocenters. The van der Waals surface area contributed by atoms with Gasteiger partial charge in [0.25, 0.3) is 0 Å². The number of aliphatic imine (C=N–C) groups is 1. The molecule has 6 nitrogen and oxygen atoms in total. The number of ether oxygens (including phenoxy) is 3. The molecule has 0 aliphatic rings. The molecule has 0 aromatic heterocycles. The van der Waals surface area contributed by atoms with Crippen LogP contribution in [0.4, 0.5) is 5.69 Å². The summed E-state index contributed by atoms with van der Waals surface area (Å²) in [5.41, 5.74) is 8.93. The highest BCUT2D eigenvalue weighted by Crippen LogP contribution is 2.38. The van der Waals surface area contributed by atoms with Crippen LogP contribution in [0.1, 0.15) is 11.1 Å². The molecular weight excluding hydrogens is 433 g/mol. The first-order valence-corrected chi connectivity index (χ1v) is 7.50. The summed E-state index contributed by atoms with van der Waals surface area (Å²) in [6.45, 7) is 2.42. The third-order valence-electron chi connectivity index (χ3n) is 3.48. The van der Waals surface area contributed by atoms with Crippen LogP contribution in [0.3, 0.4) is 0 Å². The molecule has 0 unspecified atom stereocenters. The van der Waals surface area contributed by atoms with Crippen LogP contribution in [0.25, 0.3) is 0 Å². The standard InChI is InChI=1S/C18H23N3O3.HI/c1-12-5-7-14(8-6-12)21-18(19)20-11-13-9-15(22-2)17(24-4)16(10-13)23-3;/h5-10H,11H2,1-4H3,(H3,19,20,21);1H. The van der Waals surface area contributed by atoms with E-state index in [1.54, 1.807) is 21.3 Å². The van der Waals surface area contributed by atoms with E-state index >= 15 is 0 Å². The zero-order valence-electron chi connectivity index (χ0n) is 14.8. The second-order valence-corrected chi connectivity index (χ2v) is 5.23. The second-order valence-electron chi connectivity index (χ2n) is 5.23. The Balaban J connectivity index is 0.00000312. The number of nitrogens with one attached hydrogen (secondary N) is 1. The number of guanidine groups is 1. The molecule has 0 heterocycles. The van der Waals surface area contributed by atoms with E-state index in [4.69, 9.17) is 19.9 Å². The average molecular weight is 457 g/mol. The van der Waals surface area contributed by atoms with Crippen molar-refractivity contribution in [2.24, 2.45) is 10.7 Å². The molecule has 136 valence electrons. The highest BCUT2D eigenvalue weighted by Gasteiger charge is 2.12. The van der Waals surface area contributed by atoms with Gasteiger partial charge in [0.15, 0.2) is 17.5 Å². The summed E-state index contributed by atoms with van der Waals surface area (Å²) in [6.07, 6.45) is 0. The maximum absolute atomic E-state index is 5.94. The second kappa shape index (κ2) is 9.97. The van der Waals surface area contributed by atoms with Crippen LogP contribution in [0.15, 0.2) is 41.4 Å². The van der Waals surface area contributed by atoms with Crippen molar-refractivity contribution >= 4 is 35.6 Å². The first kappa shape index (κ1) is 20.9. The minimum Gasteiger partial charge on any atom is -0.493 e. The van der Waals surface area contributed by atoms with Gasteiger partial charge in [-0.15, -0.1) is 24.0 Å². The number of nitrogens with zero attached hydrogens (tertiary/aromatic N) is 1. The van der Waals surface area contributed by atoms with Crippen molar-refractivity contribution in [1.29, 1.82) is 0 Å². The van der Waals surface area contributed by atoms with Gasteiger partial charge < -0.3 is 25.3 Å². The summed E-state index contributed by atoms with van der Waals surface area (Å²) in [6, 6.07) is 11.6. The topological polar surface area (TPSA) is 78.1 Å². The molecule has 25 heavy (non-hydrogen) atoms. The highest BCUT2D eigenvalue weighted by atomic mass is 127. The number of nitrogens with two attached hydrogens (primary N) is 1. The molecule has 0 radical (unpaired) electrons. The van der Waals surface area contributed by atoms with E-state index in [1.165, 1.54) is 5.56 Å². The van der Waals surface area contributed by atoms with E-state index in [0.717, 1.165) is 11.3 Å². The molecule has 0 aliphatic heterocycles. The molecule has 3 N–H and O–H groups in total. The molecular formula is C18H24IN3O3. The van der Waals surface area contributed by atoms with Gasteiger partial charge in [-0.1, -0.05) is 17.7 Å². The van der Waals surface area contributed by atoms with Gasteiger partial charge in [-0.3, -0.25) is 0 Å². The number of methoxy groups -OCH3 is 3. The van der Waals surface area contributed by atoms with Crippen LogP contribution in [0.5, 0.6) is 17.2 Å². The van der Waals surface area contributed by atoms with Crippen molar-refractivity contribution in [2.45, 2.75) is 13.5 Å². The molecule has 0 bridgehead atoms. The molecule has 0 saturated carbocycles. The van der Waals surface area contributed by atoms with Gasteiger partial charge in [0.1, 0.15) is 0 Å². The third-order valence-corrected chi connectivity index (χ3v) is 3.48. The van der Waals surface area contributed by atoms with Crippen molar-refractivity contribution < 1.29 is 14.2 Å². The predicted molar refractivity (Wildman–Crippen MR) is 112 cm³/mol. The molecule has 0 aliphatic carbocycles. The van der Waals surface area contributed by atoms with E-state index in [-0.39, 0.29) is 24.0 Å². The Kier molecular flexibility index (Phi) is 8.33. The summed E-state index contributed by atoms with van der Waals surface area (Å²) in [5, 5.41) is 3.06. The van der Waals surface area contributed by atoms with Gasteiger partial charge in [0.2, 0.25) is 5.75 Å². The van der Waals surface area contributed by atoms with Crippen molar-refractivity contribution in [3.8, 4) is 17.2 Å². The lowest BCUT2D eigenvalue weighted by Gasteiger charge is -2.13. The average Bonchev–Trinajstić information content (AvgIpc) is 2.60. The summed E-state index contributed by atoms with van der Waals surface area (Å²) >= 11 is 0. The largest absolute Gasteiger partial charge is 0.493 e. The number of rotatable bonds is 6. The summed E-state index contributed by atoms with van der Waals surface area (Å²) in [7, 11) is 4.73. The summed E-state index contributed by atoms with van der Waals surface area (Å²) < 4.78 is 16.0. The Morgan fingerprint density at radius 3 is 2.04 bits per heavy atom. The minimum absolute atomic E-state index is 0. The lowest BCUT2D eigenvalue weighted by atomic mass is 10.2. The Labute approximate surface area is 165 Å². The number of hydrogen-bond acceptors (Lipinski definition) is 4. The van der Waals surface area contributed by atoms with E-state index in [2.05, 4.69) is 10.3 Å². The molecule has 2 aromatic rings. The van der Waals surface area contributed by atoms with E-state index < -0.39 is 0 Å². The zero-order chi connectivity index (χ0) is 17.5. The fourth-order valence-electron chi connectivity index (χ4n) is 2.23. The quantitative estimate of drug-likeness (QED) is 0.394. The Morgan fingerprint density at radius 2 is 1.56 bits per heavy atom. The van der Waals surface area contributed by atoms with E-state index in [9.17, 15) is 0 Å². The Hall–Kier alpha value is -2.16. The van der Waals surface area contributed by atoms with Crippen LogP contribution in [-0.2, 0) is 6.54 Å². The fourth-order valence-corrected chi connectivity index (χ4v) is 2.23. The highest BCUT2D eigenvalue weighted by molar-refractivity contribution is 14.0. The van der Waals surface area contributed by atoms with Crippen LogP contribution in [0, 0.1) is 6.92 Å². The number of benzene rings is 2. The van der Waals surface area contributed by atoms with Crippen molar-refractivity contribution in [2.75, 3.05) is 26.6 Å². The SMILES string of the molecule is COc1cc(CN=C(N)Nc2ccc(C)cc2)cc(OC)c1OC.I. The van der Waals surface area contributed by atoms with Crippen molar-refractivity contribution in [1.82, 2.24) is 0 Å². The third kappa shape index (κ3) is 5.70. The van der Waals surface area contributed by atoms with Gasteiger partial charge in [-0.05, 0) is 36.8 Å². The molecule has 2 aromatic carbocycles. The lowest BCUT2D eigenvalue weighted by Crippen LogP contribution is -2.22. The molecule has 0 saturated heterocycles. The number of hydrogen-bond donors (Lipinski definition) is 2. The van der Waals surface area contributed by atoms with Gasteiger partial charge in [-0.2, -0.15) is 0 Å². The maximum Gasteiger partial charge on any atom is 0.203 e. The van der Waals surface area contributed by atoms with E-state index in [0.29, 0.717) is 29.8 Å². The maximum atomic E-state index is 5.94. The van der Waals surface area contributed by atoms with Crippen LogP contribution >= 0.6 is 24.0 Å². The molecule has 0 fully saturated rings. The lowest BCUT2D eigenvalue weighted by molar-refractivity contribution is 0.324. The van der Waals surface area contributed by atoms with E-state index in [1.807, 2.05) is 43.3 Å². The zero-order valence-corrected chi connectivity index (χ0v) is 17.2. The number of aryl methyl sites for hydroxylation is 1. The first-order chi connectivity index (χ1) is 11.6. The smallest absolute Gasteiger partial charge is 0.203 e. The molecule has 2 rings (SSSR count). The predicted octanol–water partition coefficient (Wildman–Crippen LogP) is 3.57. The number of halogens is 1. The van der Waals surface area contributed by atoms with Crippen LogP contribution in [0.2, 0.25) is 0 Å². The molecule has 7 heteroatoms. The van der Waals surface area contributed by atoms with Crippen molar-refractivity contribution in [3.63, 3.8) is 0 Å². The summed E-state index contributed by atoms with van der Waals surface area (Å²) in [5.74, 6) is 2.07. The van der Waals surface area contributed by atoms with Crippen LogP contribution < -0.4 is 25.3 Å². The first-order valence-electron chi connectivity index (χ1n) is 7.50. The molecule has 0 amide bonds. The van der Waals surface area contributed by atoms with Crippen molar-refractivity contribution in [3.05, 3.63) is 47.5 Å². The van der Waals surface area contributed by atoms with Gasteiger partial charge in [-0.25, -0.2) is 4.99 Å². The normalized spacial score (nSPS) is 10.6. The molecule has 0 spiro atoms. The van der Waals surface area contributed by atoms with Gasteiger partial charge in [0, 0.05) is 5.69 Å². The minimum atomic E-state index is 0. The Morgan fingerprint density at radius 1 is 1.00 bits per heavy atom. The summed E-state index contributed by atoms with van der Waals surface area (Å²) in [4.78, 5) is 4.35. The monoisotopic (exact) mass is 457 g/mol. The van der Waals surface area contributed by atoms with Gasteiger partial charge in [0.05, 0.1) is 27.9 Å².